The Balaban J connectivity index is 2.76. The van der Waals surface area contributed by atoms with Gasteiger partial charge in [0, 0.05) is 14.0 Å². The van der Waals surface area contributed by atoms with E-state index in [1.807, 2.05) is 0 Å². The number of rotatable bonds is 3. The predicted octanol–water partition coefficient (Wildman–Crippen LogP) is -1.35. The van der Waals surface area contributed by atoms with Gasteiger partial charge in [-0.05, 0) is 6.92 Å². The molecule has 6 nitrogen and oxygen atoms in total. The maximum absolute atomic E-state index is 11.0. The minimum atomic E-state index is -0.894. The van der Waals surface area contributed by atoms with E-state index >= 15 is 0 Å². The summed E-state index contributed by atoms with van der Waals surface area (Å²) in [5, 5.41) is 21.7. The lowest BCUT2D eigenvalue weighted by Crippen LogP contribution is -2.63. The van der Waals surface area contributed by atoms with Crippen molar-refractivity contribution in [2.45, 2.75) is 44.3 Å². The first-order valence-electron chi connectivity index (χ1n) is 5.25. The lowest BCUT2D eigenvalue weighted by atomic mass is 9.93. The highest BCUT2D eigenvalue weighted by atomic mass is 16.6. The van der Waals surface area contributed by atoms with E-state index in [1.165, 1.54) is 14.0 Å². The molecule has 0 bridgehead atoms. The smallest absolute Gasteiger partial charge is 0.217 e. The molecule has 1 fully saturated rings. The van der Waals surface area contributed by atoms with Crippen LogP contribution in [0, 0.1) is 0 Å². The van der Waals surface area contributed by atoms with Gasteiger partial charge >= 0.3 is 0 Å². The van der Waals surface area contributed by atoms with Gasteiger partial charge in [0.2, 0.25) is 5.91 Å². The molecular weight excluding hydrogens is 214 g/mol. The number of aliphatic hydroxyl groups is 2. The number of hydrogen-bond donors (Lipinski definition) is 3. The third kappa shape index (κ3) is 2.70. The molecule has 0 spiro atoms. The van der Waals surface area contributed by atoms with Crippen molar-refractivity contribution in [1.29, 1.82) is 0 Å². The number of carbonyl (C=O) groups is 1. The number of nitrogens with one attached hydrogen (secondary N) is 1. The Labute approximate surface area is 94.5 Å². The fraction of sp³-hybridized carbons (Fsp3) is 0.900. The number of amides is 1. The fourth-order valence-electron chi connectivity index (χ4n) is 2.02. The van der Waals surface area contributed by atoms with Gasteiger partial charge in [-0.3, -0.25) is 4.79 Å². The van der Waals surface area contributed by atoms with Gasteiger partial charge in [0.1, 0.15) is 18.3 Å². The summed E-state index contributed by atoms with van der Waals surface area (Å²) in [6.45, 7) is 2.88. The van der Waals surface area contributed by atoms with Crippen LogP contribution in [-0.4, -0.2) is 60.3 Å². The molecule has 3 N–H and O–H groups in total. The Morgan fingerprint density at radius 2 is 2.19 bits per heavy atom. The average molecular weight is 233 g/mol. The van der Waals surface area contributed by atoms with Crippen LogP contribution in [0.25, 0.3) is 0 Å². The molecule has 1 aliphatic rings. The van der Waals surface area contributed by atoms with E-state index in [9.17, 15) is 9.90 Å². The van der Waals surface area contributed by atoms with Gasteiger partial charge in [-0.15, -0.1) is 0 Å². The molecule has 1 rings (SSSR count). The van der Waals surface area contributed by atoms with E-state index in [-0.39, 0.29) is 18.6 Å². The normalized spacial score (nSPS) is 39.4. The molecule has 0 aromatic rings. The molecule has 0 saturated carbocycles. The van der Waals surface area contributed by atoms with Crippen molar-refractivity contribution >= 4 is 5.91 Å². The molecule has 3 unspecified atom stereocenters. The Morgan fingerprint density at radius 1 is 1.56 bits per heavy atom. The van der Waals surface area contributed by atoms with Gasteiger partial charge in [-0.25, -0.2) is 0 Å². The SMILES string of the molecule is CO[C@H]1C(O)C(NC(C)=O)C(C)O[C@@H]1CO. The molecule has 5 atom stereocenters. The number of hydrogen-bond acceptors (Lipinski definition) is 5. The Morgan fingerprint density at radius 3 is 2.62 bits per heavy atom. The molecule has 16 heavy (non-hydrogen) atoms. The third-order valence-corrected chi connectivity index (χ3v) is 2.79. The summed E-state index contributed by atoms with van der Waals surface area (Å²) in [4.78, 5) is 11.0. The maximum Gasteiger partial charge on any atom is 0.217 e. The Hall–Kier alpha value is -0.690. The average Bonchev–Trinajstić information content (AvgIpc) is 2.23. The fourth-order valence-corrected chi connectivity index (χ4v) is 2.02. The van der Waals surface area contributed by atoms with E-state index < -0.39 is 24.4 Å². The van der Waals surface area contributed by atoms with Gasteiger partial charge in [-0.2, -0.15) is 0 Å². The summed E-state index contributed by atoms with van der Waals surface area (Å²) in [5.41, 5.74) is 0. The van der Waals surface area contributed by atoms with E-state index in [0.717, 1.165) is 0 Å². The van der Waals surface area contributed by atoms with Crippen molar-refractivity contribution in [2.24, 2.45) is 0 Å². The van der Waals surface area contributed by atoms with Gasteiger partial charge in [0.05, 0.1) is 18.8 Å². The van der Waals surface area contributed by atoms with E-state index in [1.54, 1.807) is 6.92 Å². The monoisotopic (exact) mass is 233 g/mol. The minimum absolute atomic E-state index is 0.229. The number of ether oxygens (including phenoxy) is 2. The highest BCUT2D eigenvalue weighted by Crippen LogP contribution is 2.22. The molecule has 0 aromatic heterocycles. The molecular formula is C10H19NO5. The van der Waals surface area contributed by atoms with Crippen molar-refractivity contribution in [3.63, 3.8) is 0 Å². The van der Waals surface area contributed by atoms with Crippen LogP contribution >= 0.6 is 0 Å². The van der Waals surface area contributed by atoms with E-state index in [2.05, 4.69) is 5.32 Å². The van der Waals surface area contributed by atoms with E-state index in [4.69, 9.17) is 14.6 Å². The zero-order valence-corrected chi connectivity index (χ0v) is 9.71. The summed E-state index contributed by atoms with van der Waals surface area (Å²) in [5.74, 6) is -0.239. The molecule has 1 amide bonds. The van der Waals surface area contributed by atoms with E-state index in [0.29, 0.717) is 0 Å². The van der Waals surface area contributed by atoms with Crippen LogP contribution in [0.2, 0.25) is 0 Å². The van der Waals surface area contributed by atoms with Gasteiger partial charge in [0.15, 0.2) is 0 Å². The van der Waals surface area contributed by atoms with Gasteiger partial charge in [-0.1, -0.05) is 0 Å². The summed E-state index contributed by atoms with van der Waals surface area (Å²) in [7, 11) is 1.43. The highest BCUT2D eigenvalue weighted by Gasteiger charge is 2.43. The van der Waals surface area contributed by atoms with Crippen LogP contribution in [0.15, 0.2) is 0 Å². The topological polar surface area (TPSA) is 88.0 Å². The summed E-state index contributed by atoms with van der Waals surface area (Å²) >= 11 is 0. The van der Waals surface area contributed by atoms with Crippen molar-refractivity contribution in [2.75, 3.05) is 13.7 Å². The number of carbonyl (C=O) groups excluding carboxylic acids is 1. The van der Waals surface area contributed by atoms with Gasteiger partial charge in [0.25, 0.3) is 0 Å². The quantitative estimate of drug-likeness (QED) is 0.561. The summed E-state index contributed by atoms with van der Waals surface area (Å²) in [6.07, 6.45) is -2.48. The molecule has 6 heteroatoms. The molecule has 0 aromatic carbocycles. The van der Waals surface area contributed by atoms with Crippen LogP contribution in [0.1, 0.15) is 13.8 Å². The maximum atomic E-state index is 11.0. The predicted molar refractivity (Wildman–Crippen MR) is 55.8 cm³/mol. The molecule has 0 aliphatic carbocycles. The van der Waals surface area contributed by atoms with Crippen LogP contribution in [0.3, 0.4) is 0 Å². The van der Waals surface area contributed by atoms with Crippen LogP contribution in [0.5, 0.6) is 0 Å². The minimum Gasteiger partial charge on any atom is -0.394 e. The third-order valence-electron chi connectivity index (χ3n) is 2.79. The Bertz CT molecular complexity index is 247. The Kier molecular flexibility index (Phi) is 4.67. The number of methoxy groups -OCH3 is 1. The molecule has 1 saturated heterocycles. The highest BCUT2D eigenvalue weighted by molar-refractivity contribution is 5.73. The van der Waals surface area contributed by atoms with Crippen molar-refractivity contribution in [1.82, 2.24) is 5.32 Å². The summed E-state index contributed by atoms with van der Waals surface area (Å²) in [6, 6.07) is -0.523. The van der Waals surface area contributed by atoms with Crippen molar-refractivity contribution in [3.8, 4) is 0 Å². The second kappa shape index (κ2) is 5.58. The zero-order valence-electron chi connectivity index (χ0n) is 9.71. The first kappa shape index (κ1) is 13.4. The lowest BCUT2D eigenvalue weighted by molar-refractivity contribution is -0.199. The number of aliphatic hydroxyl groups excluding tert-OH is 2. The first-order valence-corrected chi connectivity index (χ1v) is 5.25. The molecule has 94 valence electrons. The van der Waals surface area contributed by atoms with Crippen LogP contribution in [0.4, 0.5) is 0 Å². The molecule has 1 heterocycles. The summed E-state index contributed by atoms with van der Waals surface area (Å²) < 4.78 is 10.6. The second-order valence-corrected chi connectivity index (χ2v) is 3.98. The first-order chi connectivity index (χ1) is 7.51. The van der Waals surface area contributed by atoms with Crippen LogP contribution < -0.4 is 5.32 Å². The van der Waals surface area contributed by atoms with Crippen molar-refractivity contribution in [3.05, 3.63) is 0 Å². The molecule has 1 aliphatic heterocycles. The second-order valence-electron chi connectivity index (χ2n) is 3.98. The lowest BCUT2D eigenvalue weighted by Gasteiger charge is -2.42. The van der Waals surface area contributed by atoms with Gasteiger partial charge < -0.3 is 25.0 Å². The molecule has 0 radical (unpaired) electrons. The standard InChI is InChI=1S/C10H19NO5/c1-5-8(11-6(2)13)9(14)10(15-3)7(4-12)16-5/h5,7-10,12,14H,4H2,1-3H3,(H,11,13)/t5?,7-,8?,9?,10-/m1/s1. The van der Waals surface area contributed by atoms with Crippen LogP contribution in [-0.2, 0) is 14.3 Å². The van der Waals surface area contributed by atoms with Crippen molar-refractivity contribution < 1.29 is 24.5 Å². The zero-order chi connectivity index (χ0) is 12.3. The largest absolute Gasteiger partial charge is 0.394 e.